The van der Waals surface area contributed by atoms with Crippen LogP contribution in [0.15, 0.2) is 120 Å². The number of ketones is 2. The Balaban J connectivity index is 0.000000250. The second-order valence-corrected chi connectivity index (χ2v) is 15.5. The fraction of sp³-hybridized carbons (Fsp3) is 0.381. The molecule has 2 atom stereocenters. The van der Waals surface area contributed by atoms with Crippen LogP contribution in [0.4, 0.5) is 8.78 Å². The number of benzene rings is 2. The lowest BCUT2D eigenvalue weighted by molar-refractivity contribution is -0.114. The molecule has 0 aromatic heterocycles. The van der Waals surface area contributed by atoms with Gasteiger partial charge in [0.25, 0.3) is 0 Å². The van der Waals surface area contributed by atoms with Gasteiger partial charge in [-0.05, 0) is 40.2 Å². The van der Waals surface area contributed by atoms with Gasteiger partial charge in [-0.25, -0.2) is 8.78 Å². The van der Waals surface area contributed by atoms with E-state index in [1.165, 1.54) is 18.2 Å². The number of allylic oxidation sites excluding steroid dienone is 10. The lowest BCUT2D eigenvalue weighted by Crippen LogP contribution is -2.29. The molecular formula is C42H50F2O2. The van der Waals surface area contributed by atoms with E-state index in [0.717, 1.165) is 22.3 Å². The first kappa shape index (κ1) is 36.5. The first-order valence-corrected chi connectivity index (χ1v) is 15.9. The van der Waals surface area contributed by atoms with Gasteiger partial charge in [-0.1, -0.05) is 136 Å². The number of hydrogen-bond acceptors (Lipinski definition) is 2. The van der Waals surface area contributed by atoms with E-state index in [4.69, 9.17) is 0 Å². The minimum atomic E-state index is -0.453. The SMILES string of the molecule is C=CC(C)(C)C1=CC(c2cccc(F)c2)C=C(C(C)(C)C)C1=O.C=CC(C)(C)C1=CC(c2ccccc2F)C=C(C(C)(C)C)C1=O. The average Bonchev–Trinajstić information content (AvgIpc) is 2.96. The summed E-state index contributed by atoms with van der Waals surface area (Å²) in [7, 11) is 0. The smallest absolute Gasteiger partial charge is 0.185 e. The highest BCUT2D eigenvalue weighted by Gasteiger charge is 2.38. The molecule has 0 fully saturated rings. The van der Waals surface area contributed by atoms with E-state index in [1.54, 1.807) is 30.4 Å². The molecule has 4 heteroatoms. The van der Waals surface area contributed by atoms with Crippen LogP contribution >= 0.6 is 0 Å². The molecule has 2 nitrogen and oxygen atoms in total. The molecule has 4 rings (SSSR count). The summed E-state index contributed by atoms with van der Waals surface area (Å²) in [6, 6.07) is 13.3. The third kappa shape index (κ3) is 8.07. The zero-order chi connectivity index (χ0) is 34.8. The maximum atomic E-state index is 14.2. The van der Waals surface area contributed by atoms with Gasteiger partial charge in [0.1, 0.15) is 11.6 Å². The number of Topliss-reactive ketones (excluding diaryl/α,β-unsaturated/α-hetero) is 2. The lowest BCUT2D eigenvalue weighted by Gasteiger charge is -2.33. The summed E-state index contributed by atoms with van der Waals surface area (Å²) >= 11 is 0. The van der Waals surface area contributed by atoms with Crippen LogP contribution in [0.2, 0.25) is 0 Å². The highest BCUT2D eigenvalue weighted by Crippen LogP contribution is 2.44. The third-order valence-corrected chi connectivity index (χ3v) is 8.89. The van der Waals surface area contributed by atoms with Gasteiger partial charge in [0.2, 0.25) is 0 Å². The minimum Gasteiger partial charge on any atom is -0.289 e. The molecule has 2 unspecified atom stereocenters. The summed E-state index contributed by atoms with van der Waals surface area (Å²) in [5.41, 5.74) is 2.95. The van der Waals surface area contributed by atoms with Gasteiger partial charge in [0.15, 0.2) is 11.6 Å². The predicted octanol–water partition coefficient (Wildman–Crippen LogP) is 11.2. The molecule has 0 amide bonds. The van der Waals surface area contributed by atoms with Crippen molar-refractivity contribution in [2.24, 2.45) is 21.7 Å². The van der Waals surface area contributed by atoms with Crippen molar-refractivity contribution >= 4 is 11.6 Å². The molecule has 2 aromatic carbocycles. The molecule has 244 valence electrons. The van der Waals surface area contributed by atoms with Crippen LogP contribution in [0.5, 0.6) is 0 Å². The largest absolute Gasteiger partial charge is 0.289 e. The van der Waals surface area contributed by atoms with Crippen molar-refractivity contribution in [1.82, 2.24) is 0 Å². The summed E-state index contributed by atoms with van der Waals surface area (Å²) in [5.74, 6) is -0.749. The molecule has 0 saturated heterocycles. The molecular weight excluding hydrogens is 574 g/mol. The van der Waals surface area contributed by atoms with E-state index in [0.29, 0.717) is 11.1 Å². The van der Waals surface area contributed by atoms with Crippen LogP contribution in [-0.4, -0.2) is 11.6 Å². The molecule has 0 N–H and O–H groups in total. The van der Waals surface area contributed by atoms with E-state index in [-0.39, 0.29) is 45.9 Å². The van der Waals surface area contributed by atoms with Crippen LogP contribution in [-0.2, 0) is 9.59 Å². The maximum absolute atomic E-state index is 14.2. The summed E-state index contributed by atoms with van der Waals surface area (Å²) in [4.78, 5) is 25.9. The van der Waals surface area contributed by atoms with Crippen molar-refractivity contribution in [1.29, 1.82) is 0 Å². The maximum Gasteiger partial charge on any atom is 0.185 e. The summed E-state index contributed by atoms with van der Waals surface area (Å²) in [5, 5.41) is 0. The van der Waals surface area contributed by atoms with Crippen molar-refractivity contribution < 1.29 is 18.4 Å². The molecule has 0 radical (unpaired) electrons. The number of carbonyl (C=O) groups excluding carboxylic acids is 2. The van der Waals surface area contributed by atoms with E-state index in [1.807, 2.05) is 106 Å². The minimum absolute atomic E-state index is 0.0370. The Labute approximate surface area is 275 Å². The van der Waals surface area contributed by atoms with Crippen LogP contribution in [0.25, 0.3) is 0 Å². The highest BCUT2D eigenvalue weighted by atomic mass is 19.1. The van der Waals surface area contributed by atoms with E-state index in [2.05, 4.69) is 13.2 Å². The van der Waals surface area contributed by atoms with Crippen LogP contribution in [0.1, 0.15) is 92.2 Å². The van der Waals surface area contributed by atoms with Crippen molar-refractivity contribution in [3.63, 3.8) is 0 Å². The van der Waals surface area contributed by atoms with Crippen molar-refractivity contribution in [2.75, 3.05) is 0 Å². The molecule has 0 saturated carbocycles. The van der Waals surface area contributed by atoms with Crippen molar-refractivity contribution in [2.45, 2.75) is 81.1 Å². The highest BCUT2D eigenvalue weighted by molar-refractivity contribution is 6.12. The van der Waals surface area contributed by atoms with Crippen LogP contribution in [0, 0.1) is 33.3 Å². The van der Waals surface area contributed by atoms with Gasteiger partial charge < -0.3 is 0 Å². The Kier molecular flexibility index (Phi) is 10.7. The van der Waals surface area contributed by atoms with Crippen LogP contribution in [0.3, 0.4) is 0 Å². The molecule has 2 aliphatic rings. The topological polar surface area (TPSA) is 34.1 Å². The Bertz CT molecular complexity index is 1640. The molecule has 0 bridgehead atoms. The molecule has 46 heavy (non-hydrogen) atoms. The van der Waals surface area contributed by atoms with E-state index < -0.39 is 10.8 Å². The zero-order valence-corrected chi connectivity index (χ0v) is 29.2. The predicted molar refractivity (Wildman–Crippen MR) is 187 cm³/mol. The Morgan fingerprint density at radius 1 is 0.587 bits per heavy atom. The fourth-order valence-corrected chi connectivity index (χ4v) is 5.65. The quantitative estimate of drug-likeness (QED) is 0.300. The Hall–Kier alpha value is -3.92. The fourth-order valence-electron chi connectivity index (χ4n) is 5.65. The van der Waals surface area contributed by atoms with Gasteiger partial charge in [0, 0.05) is 45.0 Å². The van der Waals surface area contributed by atoms with Crippen LogP contribution < -0.4 is 0 Å². The van der Waals surface area contributed by atoms with Gasteiger partial charge in [0.05, 0.1) is 0 Å². The normalized spacial score (nSPS) is 19.2. The molecule has 0 aliphatic heterocycles. The number of rotatable bonds is 6. The summed E-state index contributed by atoms with van der Waals surface area (Å²) < 4.78 is 27.8. The second-order valence-electron chi connectivity index (χ2n) is 15.5. The first-order chi connectivity index (χ1) is 21.1. The van der Waals surface area contributed by atoms with Gasteiger partial charge in [-0.3, -0.25) is 9.59 Å². The van der Waals surface area contributed by atoms with E-state index >= 15 is 0 Å². The first-order valence-electron chi connectivity index (χ1n) is 15.9. The van der Waals surface area contributed by atoms with E-state index in [9.17, 15) is 18.4 Å². The summed E-state index contributed by atoms with van der Waals surface area (Å²) in [6.07, 6.45) is 11.3. The number of halogens is 2. The van der Waals surface area contributed by atoms with Gasteiger partial charge in [-0.15, -0.1) is 13.2 Å². The Morgan fingerprint density at radius 2 is 1.02 bits per heavy atom. The number of hydrogen-bond donors (Lipinski definition) is 0. The lowest BCUT2D eigenvalue weighted by atomic mass is 9.69. The molecule has 2 aromatic rings. The van der Waals surface area contributed by atoms with Gasteiger partial charge in [-0.2, -0.15) is 0 Å². The standard InChI is InChI=1S/2C21H25FO/c1-7-21(5,6)18-13-15(14-9-8-10-16(22)11-14)12-17(19(18)23)20(2,3)4;1-7-21(5,6)17-13-14(15-10-8-9-11-18(15)22)12-16(19(17)23)20(2,3)4/h7-13,15H,1H2,2-6H3;7-14H,1H2,2-6H3. The third-order valence-electron chi connectivity index (χ3n) is 8.89. The molecule has 0 spiro atoms. The summed E-state index contributed by atoms with van der Waals surface area (Å²) in [6.45, 7) is 27.8. The average molecular weight is 625 g/mol. The monoisotopic (exact) mass is 624 g/mol. The van der Waals surface area contributed by atoms with Crippen molar-refractivity contribution in [3.05, 3.63) is 143 Å². The van der Waals surface area contributed by atoms with Crippen molar-refractivity contribution in [3.8, 4) is 0 Å². The zero-order valence-electron chi connectivity index (χ0n) is 29.2. The molecule has 0 heterocycles. The van der Waals surface area contributed by atoms with Gasteiger partial charge >= 0.3 is 0 Å². The Morgan fingerprint density at radius 3 is 1.46 bits per heavy atom. The number of carbonyl (C=O) groups is 2. The molecule has 2 aliphatic carbocycles. The second kappa shape index (κ2) is 13.4.